The lowest BCUT2D eigenvalue weighted by Gasteiger charge is -2.28. The fraction of sp³-hybridized carbons (Fsp3) is 0.150. The molecule has 0 saturated carbocycles. The first kappa shape index (κ1) is 19.9. The van der Waals surface area contributed by atoms with Crippen molar-refractivity contribution < 1.29 is 14.3 Å². The molecule has 6 nitrogen and oxygen atoms in total. The van der Waals surface area contributed by atoms with Crippen molar-refractivity contribution in [1.82, 2.24) is 9.88 Å². The summed E-state index contributed by atoms with van der Waals surface area (Å²) in [5.41, 5.74) is 1.92. The van der Waals surface area contributed by atoms with Gasteiger partial charge >= 0.3 is 0 Å². The Morgan fingerprint density at radius 3 is 2.90 bits per heavy atom. The summed E-state index contributed by atoms with van der Waals surface area (Å²) in [7, 11) is 1.51. The van der Waals surface area contributed by atoms with Crippen molar-refractivity contribution in [3.8, 4) is 5.75 Å². The highest BCUT2D eigenvalue weighted by atomic mass is 79.9. The van der Waals surface area contributed by atoms with Crippen LogP contribution in [0, 0.1) is 0 Å². The van der Waals surface area contributed by atoms with Crippen LogP contribution in [0.1, 0.15) is 27.5 Å². The van der Waals surface area contributed by atoms with Crippen molar-refractivity contribution in [1.29, 1.82) is 0 Å². The molecule has 2 aromatic carbocycles. The van der Waals surface area contributed by atoms with Gasteiger partial charge in [-0.15, -0.1) is 11.3 Å². The molecule has 1 aliphatic rings. The van der Waals surface area contributed by atoms with Gasteiger partial charge in [0.1, 0.15) is 11.8 Å². The van der Waals surface area contributed by atoms with Crippen LogP contribution in [-0.2, 0) is 11.3 Å². The normalized spacial score (nSPS) is 13.9. The summed E-state index contributed by atoms with van der Waals surface area (Å²) in [6.45, 7) is 0.299. The van der Waals surface area contributed by atoms with E-state index in [2.05, 4.69) is 26.2 Å². The molecule has 9 heteroatoms. The van der Waals surface area contributed by atoms with Gasteiger partial charge in [-0.3, -0.25) is 14.9 Å². The summed E-state index contributed by atoms with van der Waals surface area (Å²) < 4.78 is 6.26. The Hall–Kier alpha value is -2.42. The Labute approximate surface area is 184 Å². The minimum Gasteiger partial charge on any atom is -0.496 e. The number of nitrogens with zero attached hydrogens (tertiary/aromatic N) is 2. The molecular formula is C20H15BrClN3O3S. The Morgan fingerprint density at radius 1 is 1.34 bits per heavy atom. The highest BCUT2D eigenvalue weighted by Gasteiger charge is 2.39. The number of nitrogens with one attached hydrogen (secondary N) is 1. The highest BCUT2D eigenvalue weighted by Crippen LogP contribution is 2.38. The number of halogens is 2. The second kappa shape index (κ2) is 8.14. The number of hydrogen-bond donors (Lipinski definition) is 1. The number of rotatable bonds is 5. The van der Waals surface area contributed by atoms with Gasteiger partial charge < -0.3 is 9.64 Å². The molecule has 1 aromatic heterocycles. The predicted molar refractivity (Wildman–Crippen MR) is 116 cm³/mol. The van der Waals surface area contributed by atoms with E-state index >= 15 is 0 Å². The Morgan fingerprint density at radius 2 is 2.17 bits per heavy atom. The van der Waals surface area contributed by atoms with E-state index in [-0.39, 0.29) is 11.8 Å². The van der Waals surface area contributed by atoms with Gasteiger partial charge in [0.15, 0.2) is 5.13 Å². The van der Waals surface area contributed by atoms with Gasteiger partial charge in [0, 0.05) is 38.7 Å². The van der Waals surface area contributed by atoms with E-state index in [1.54, 1.807) is 35.8 Å². The zero-order valence-electron chi connectivity index (χ0n) is 15.2. The van der Waals surface area contributed by atoms with Crippen molar-refractivity contribution in [2.75, 3.05) is 12.4 Å². The standard InChI is InChI=1S/C20H15BrClN3O3S/c1-28-16-5-4-13(22)9-15(16)17(18(26)24-20-23-6-7-29-20)25-10-11-2-3-12(21)8-14(11)19(25)27/h2-9,17H,10H2,1H3,(H,23,24,26). The zero-order chi connectivity index (χ0) is 20.5. The quantitative estimate of drug-likeness (QED) is 0.550. The lowest BCUT2D eigenvalue weighted by molar-refractivity contribution is -0.120. The molecule has 0 spiro atoms. The van der Waals surface area contributed by atoms with Gasteiger partial charge in [-0.05, 0) is 35.9 Å². The third-order valence-electron chi connectivity index (χ3n) is 4.61. The molecule has 0 bridgehead atoms. The fourth-order valence-corrected chi connectivity index (χ4v) is 4.41. The first-order chi connectivity index (χ1) is 14.0. The second-order valence-electron chi connectivity index (χ2n) is 6.35. The van der Waals surface area contributed by atoms with Crippen LogP contribution < -0.4 is 10.1 Å². The van der Waals surface area contributed by atoms with Crippen LogP contribution in [0.2, 0.25) is 5.02 Å². The smallest absolute Gasteiger partial charge is 0.255 e. The first-order valence-electron chi connectivity index (χ1n) is 8.61. The van der Waals surface area contributed by atoms with Crippen LogP contribution in [0.5, 0.6) is 5.75 Å². The Bertz CT molecular complexity index is 1090. The molecule has 2 amide bonds. The number of carbonyl (C=O) groups is 2. The minimum absolute atomic E-state index is 0.234. The number of fused-ring (bicyclic) bond motifs is 1. The predicted octanol–water partition coefficient (Wildman–Crippen LogP) is 4.90. The number of hydrogen-bond acceptors (Lipinski definition) is 5. The van der Waals surface area contributed by atoms with Gasteiger partial charge in [0.05, 0.1) is 7.11 Å². The number of thiazole rings is 1. The van der Waals surface area contributed by atoms with Crippen LogP contribution in [0.15, 0.2) is 52.4 Å². The van der Waals surface area contributed by atoms with Crippen molar-refractivity contribution in [2.45, 2.75) is 12.6 Å². The lowest BCUT2D eigenvalue weighted by atomic mass is 10.0. The molecule has 3 aromatic rings. The van der Waals surface area contributed by atoms with Crippen LogP contribution >= 0.6 is 38.9 Å². The van der Waals surface area contributed by atoms with Gasteiger partial charge in [-0.2, -0.15) is 0 Å². The Kier molecular flexibility index (Phi) is 5.58. The topological polar surface area (TPSA) is 71.5 Å². The molecule has 1 N–H and O–H groups in total. The average molecular weight is 493 g/mol. The van der Waals surface area contributed by atoms with Crippen molar-refractivity contribution in [3.63, 3.8) is 0 Å². The summed E-state index contributed by atoms with van der Waals surface area (Å²) in [5, 5.41) is 5.45. The van der Waals surface area contributed by atoms with Gasteiger partial charge in [0.2, 0.25) is 0 Å². The maximum Gasteiger partial charge on any atom is 0.255 e. The molecule has 1 unspecified atom stereocenters. The number of methoxy groups -OCH3 is 1. The van der Waals surface area contributed by atoms with Crippen molar-refractivity contribution in [3.05, 3.63) is 74.2 Å². The van der Waals surface area contributed by atoms with E-state index in [4.69, 9.17) is 16.3 Å². The number of aromatic nitrogens is 1. The van der Waals surface area contributed by atoms with Crippen LogP contribution in [0.4, 0.5) is 5.13 Å². The molecule has 29 heavy (non-hydrogen) atoms. The Balaban J connectivity index is 1.78. The summed E-state index contributed by atoms with van der Waals surface area (Å²) in [5.74, 6) is -0.151. The fourth-order valence-electron chi connectivity index (χ4n) is 3.33. The van der Waals surface area contributed by atoms with E-state index in [0.717, 1.165) is 10.0 Å². The van der Waals surface area contributed by atoms with E-state index < -0.39 is 6.04 Å². The molecule has 1 atom stereocenters. The summed E-state index contributed by atoms with van der Waals surface area (Å²) in [6.07, 6.45) is 1.60. The number of amides is 2. The van der Waals surface area contributed by atoms with Gasteiger partial charge in [-0.1, -0.05) is 33.6 Å². The zero-order valence-corrected chi connectivity index (χ0v) is 18.3. The monoisotopic (exact) mass is 491 g/mol. The van der Waals surface area contributed by atoms with Crippen molar-refractivity contribution in [2.24, 2.45) is 0 Å². The number of benzene rings is 2. The molecule has 0 saturated heterocycles. The maximum absolute atomic E-state index is 13.3. The largest absolute Gasteiger partial charge is 0.496 e. The van der Waals surface area contributed by atoms with Crippen molar-refractivity contribution >= 4 is 55.8 Å². The van der Waals surface area contributed by atoms with Gasteiger partial charge in [0.25, 0.3) is 11.8 Å². The molecular weight excluding hydrogens is 478 g/mol. The highest BCUT2D eigenvalue weighted by molar-refractivity contribution is 9.10. The lowest BCUT2D eigenvalue weighted by Crippen LogP contribution is -2.37. The number of ether oxygens (including phenoxy) is 1. The molecule has 0 fully saturated rings. The third-order valence-corrected chi connectivity index (χ3v) is 6.03. The molecule has 0 aliphatic carbocycles. The molecule has 0 radical (unpaired) electrons. The molecule has 148 valence electrons. The number of anilines is 1. The van der Waals surface area contributed by atoms with E-state index in [0.29, 0.717) is 33.6 Å². The first-order valence-corrected chi connectivity index (χ1v) is 10.7. The molecule has 1 aliphatic heterocycles. The van der Waals surface area contributed by atoms with E-state index in [1.165, 1.54) is 23.3 Å². The minimum atomic E-state index is -0.939. The summed E-state index contributed by atoms with van der Waals surface area (Å²) in [6, 6.07) is 9.60. The third kappa shape index (κ3) is 3.88. The van der Waals surface area contributed by atoms with E-state index in [1.807, 2.05) is 12.1 Å². The molecule has 2 heterocycles. The van der Waals surface area contributed by atoms with Crippen LogP contribution in [-0.4, -0.2) is 28.8 Å². The van der Waals surface area contributed by atoms with Gasteiger partial charge in [-0.25, -0.2) is 4.98 Å². The van der Waals surface area contributed by atoms with Crippen LogP contribution in [0.3, 0.4) is 0 Å². The van der Waals surface area contributed by atoms with Crippen LogP contribution in [0.25, 0.3) is 0 Å². The second-order valence-corrected chi connectivity index (χ2v) is 8.60. The average Bonchev–Trinajstić information content (AvgIpc) is 3.31. The summed E-state index contributed by atoms with van der Waals surface area (Å²) in [4.78, 5) is 32.1. The SMILES string of the molecule is COc1ccc(Cl)cc1C(C(=O)Nc1nccs1)N1Cc2ccc(Br)cc2C1=O. The maximum atomic E-state index is 13.3. The summed E-state index contributed by atoms with van der Waals surface area (Å²) >= 11 is 10.9. The number of carbonyl (C=O) groups excluding carboxylic acids is 2. The van der Waals surface area contributed by atoms with E-state index in [9.17, 15) is 9.59 Å². The molecule has 4 rings (SSSR count).